The average molecular weight is 365 g/mol. The van der Waals surface area contributed by atoms with E-state index in [2.05, 4.69) is 20.8 Å². The van der Waals surface area contributed by atoms with Gasteiger partial charge in [0.2, 0.25) is 15.9 Å². The van der Waals surface area contributed by atoms with Crippen LogP contribution in [0.3, 0.4) is 0 Å². The van der Waals surface area contributed by atoms with Gasteiger partial charge >= 0.3 is 0 Å². The monoisotopic (exact) mass is 365 g/mol. The Morgan fingerprint density at radius 1 is 1.16 bits per heavy atom. The SMILES string of the molecule is CS(=O)(=O)N1CCN(C(=O)CNc2ccc(-n3cnnn3)cc2)CC1. The first-order valence-electron chi connectivity index (χ1n) is 7.74. The quantitative estimate of drug-likeness (QED) is 0.736. The van der Waals surface area contributed by atoms with Crippen LogP contribution in [0.15, 0.2) is 30.6 Å². The summed E-state index contributed by atoms with van der Waals surface area (Å²) in [5.74, 6) is -0.0577. The van der Waals surface area contributed by atoms with Crippen molar-refractivity contribution in [3.63, 3.8) is 0 Å². The van der Waals surface area contributed by atoms with Crippen LogP contribution in [0.4, 0.5) is 5.69 Å². The fourth-order valence-corrected chi connectivity index (χ4v) is 3.40. The molecule has 3 rings (SSSR count). The Labute approximate surface area is 145 Å². The second kappa shape index (κ2) is 7.15. The van der Waals surface area contributed by atoms with Crippen LogP contribution in [-0.2, 0) is 14.8 Å². The van der Waals surface area contributed by atoms with E-state index >= 15 is 0 Å². The zero-order chi connectivity index (χ0) is 17.9. The van der Waals surface area contributed by atoms with Crippen molar-refractivity contribution in [3.8, 4) is 5.69 Å². The fourth-order valence-electron chi connectivity index (χ4n) is 2.57. The van der Waals surface area contributed by atoms with Crippen molar-refractivity contribution in [1.82, 2.24) is 29.4 Å². The molecule has 10 nitrogen and oxygen atoms in total. The van der Waals surface area contributed by atoms with Gasteiger partial charge < -0.3 is 10.2 Å². The van der Waals surface area contributed by atoms with Crippen molar-refractivity contribution in [1.29, 1.82) is 0 Å². The Kier molecular flexibility index (Phi) is 4.95. The number of amides is 1. The molecular weight excluding hydrogens is 346 g/mol. The minimum atomic E-state index is -3.19. The number of sulfonamides is 1. The van der Waals surface area contributed by atoms with Crippen LogP contribution in [-0.4, -0.2) is 82.7 Å². The molecule has 0 saturated carbocycles. The summed E-state index contributed by atoms with van der Waals surface area (Å²) in [5, 5.41) is 14.0. The molecule has 0 radical (unpaired) electrons. The molecule has 134 valence electrons. The summed E-state index contributed by atoms with van der Waals surface area (Å²) in [6.45, 7) is 1.65. The molecule has 1 aromatic heterocycles. The van der Waals surface area contributed by atoms with Crippen LogP contribution in [0.2, 0.25) is 0 Å². The molecular formula is C14H19N7O3S. The fraction of sp³-hybridized carbons (Fsp3) is 0.429. The van der Waals surface area contributed by atoms with E-state index in [9.17, 15) is 13.2 Å². The van der Waals surface area contributed by atoms with Gasteiger partial charge in [0.15, 0.2) is 0 Å². The van der Waals surface area contributed by atoms with Gasteiger partial charge in [-0.3, -0.25) is 4.79 Å². The molecule has 0 unspecified atom stereocenters. The topological polar surface area (TPSA) is 113 Å². The van der Waals surface area contributed by atoms with Gasteiger partial charge in [-0.15, -0.1) is 5.10 Å². The molecule has 1 aliphatic rings. The molecule has 0 spiro atoms. The van der Waals surface area contributed by atoms with Gasteiger partial charge in [-0.25, -0.2) is 13.1 Å². The normalized spacial score (nSPS) is 16.0. The van der Waals surface area contributed by atoms with E-state index in [-0.39, 0.29) is 12.5 Å². The predicted molar refractivity (Wildman–Crippen MR) is 90.6 cm³/mol. The number of nitrogens with one attached hydrogen (secondary N) is 1. The highest BCUT2D eigenvalue weighted by Gasteiger charge is 2.25. The van der Waals surface area contributed by atoms with E-state index in [1.807, 2.05) is 24.3 Å². The lowest BCUT2D eigenvalue weighted by molar-refractivity contribution is -0.130. The highest BCUT2D eigenvalue weighted by Crippen LogP contribution is 2.12. The van der Waals surface area contributed by atoms with Gasteiger partial charge in [-0.1, -0.05) is 0 Å². The summed E-state index contributed by atoms with van der Waals surface area (Å²) < 4.78 is 25.9. The first kappa shape index (κ1) is 17.3. The van der Waals surface area contributed by atoms with Gasteiger partial charge in [0.25, 0.3) is 0 Å². The van der Waals surface area contributed by atoms with Crippen molar-refractivity contribution in [2.45, 2.75) is 0 Å². The van der Waals surface area contributed by atoms with Crippen molar-refractivity contribution < 1.29 is 13.2 Å². The van der Waals surface area contributed by atoms with Crippen molar-refractivity contribution in [2.24, 2.45) is 0 Å². The number of carbonyl (C=O) groups excluding carboxylic acids is 1. The van der Waals surface area contributed by atoms with E-state index in [0.717, 1.165) is 11.4 Å². The lowest BCUT2D eigenvalue weighted by atomic mass is 10.2. The average Bonchev–Trinajstić information content (AvgIpc) is 3.14. The second-order valence-electron chi connectivity index (χ2n) is 5.70. The van der Waals surface area contributed by atoms with E-state index in [1.165, 1.54) is 21.6 Å². The molecule has 2 aromatic rings. The van der Waals surface area contributed by atoms with E-state index in [0.29, 0.717) is 26.2 Å². The third-order valence-corrected chi connectivity index (χ3v) is 5.29. The Hall–Kier alpha value is -2.53. The zero-order valence-electron chi connectivity index (χ0n) is 13.7. The summed E-state index contributed by atoms with van der Waals surface area (Å²) in [4.78, 5) is 13.9. The number of tetrazole rings is 1. The molecule has 2 heterocycles. The molecule has 0 aliphatic carbocycles. The van der Waals surface area contributed by atoms with Crippen LogP contribution < -0.4 is 5.32 Å². The predicted octanol–water partition coefficient (Wildman–Crippen LogP) is -0.822. The van der Waals surface area contributed by atoms with Crippen LogP contribution in [0.5, 0.6) is 0 Å². The van der Waals surface area contributed by atoms with Gasteiger partial charge in [-0.05, 0) is 34.7 Å². The summed E-state index contributed by atoms with van der Waals surface area (Å²) in [6, 6.07) is 7.36. The maximum absolute atomic E-state index is 12.2. The highest BCUT2D eigenvalue weighted by atomic mass is 32.2. The van der Waals surface area contributed by atoms with E-state index in [1.54, 1.807) is 4.90 Å². The third-order valence-electron chi connectivity index (χ3n) is 3.98. The largest absolute Gasteiger partial charge is 0.376 e. The summed E-state index contributed by atoms with van der Waals surface area (Å²) in [5.41, 5.74) is 1.62. The van der Waals surface area contributed by atoms with Crippen LogP contribution in [0, 0.1) is 0 Å². The minimum Gasteiger partial charge on any atom is -0.376 e. The highest BCUT2D eigenvalue weighted by molar-refractivity contribution is 7.88. The van der Waals surface area contributed by atoms with Crippen molar-refractivity contribution in [3.05, 3.63) is 30.6 Å². The lowest BCUT2D eigenvalue weighted by Crippen LogP contribution is -2.51. The third kappa shape index (κ3) is 4.31. The maximum atomic E-state index is 12.2. The summed E-state index contributed by atoms with van der Waals surface area (Å²) >= 11 is 0. The van der Waals surface area contributed by atoms with Crippen molar-refractivity contribution in [2.75, 3.05) is 44.3 Å². The molecule has 1 aromatic carbocycles. The summed E-state index contributed by atoms with van der Waals surface area (Å²) in [7, 11) is -3.19. The number of nitrogens with zero attached hydrogens (tertiary/aromatic N) is 6. The molecule has 1 fully saturated rings. The van der Waals surface area contributed by atoms with Crippen LogP contribution in [0.1, 0.15) is 0 Å². The molecule has 11 heteroatoms. The molecule has 0 bridgehead atoms. The first-order valence-corrected chi connectivity index (χ1v) is 9.58. The van der Waals surface area contributed by atoms with Gasteiger partial charge in [-0.2, -0.15) is 4.31 Å². The first-order chi connectivity index (χ1) is 11.9. The number of hydrogen-bond donors (Lipinski definition) is 1. The van der Waals surface area contributed by atoms with Gasteiger partial charge in [0, 0.05) is 31.9 Å². The second-order valence-corrected chi connectivity index (χ2v) is 7.68. The zero-order valence-corrected chi connectivity index (χ0v) is 14.6. The van der Waals surface area contributed by atoms with E-state index in [4.69, 9.17) is 0 Å². The number of aromatic nitrogens is 4. The number of carbonyl (C=O) groups is 1. The number of benzene rings is 1. The molecule has 1 saturated heterocycles. The Balaban J connectivity index is 1.49. The number of piperazine rings is 1. The minimum absolute atomic E-state index is 0.0577. The molecule has 1 aliphatic heterocycles. The molecule has 1 amide bonds. The summed E-state index contributed by atoms with van der Waals surface area (Å²) in [6.07, 6.45) is 2.69. The molecule has 25 heavy (non-hydrogen) atoms. The van der Waals surface area contributed by atoms with Gasteiger partial charge in [0.05, 0.1) is 18.5 Å². The van der Waals surface area contributed by atoms with E-state index < -0.39 is 10.0 Å². The number of anilines is 1. The van der Waals surface area contributed by atoms with Crippen LogP contribution >= 0.6 is 0 Å². The molecule has 1 N–H and O–H groups in total. The Morgan fingerprint density at radius 2 is 1.84 bits per heavy atom. The lowest BCUT2D eigenvalue weighted by Gasteiger charge is -2.33. The maximum Gasteiger partial charge on any atom is 0.241 e. The standard InChI is InChI=1S/C14H19N7O3S/c1-25(23,24)20-8-6-19(7-9-20)14(22)10-15-12-2-4-13(5-3-12)21-11-16-17-18-21/h2-5,11,15H,6-10H2,1H3. The Bertz CT molecular complexity index is 813. The molecule has 0 atom stereocenters. The van der Waals surface area contributed by atoms with Gasteiger partial charge in [0.1, 0.15) is 6.33 Å². The number of hydrogen-bond acceptors (Lipinski definition) is 7. The number of rotatable bonds is 5. The Morgan fingerprint density at radius 3 is 2.40 bits per heavy atom. The smallest absolute Gasteiger partial charge is 0.241 e. The van der Waals surface area contributed by atoms with Crippen molar-refractivity contribution >= 4 is 21.6 Å². The van der Waals surface area contributed by atoms with Crippen LogP contribution in [0.25, 0.3) is 5.69 Å².